The Morgan fingerprint density at radius 1 is 1.43 bits per heavy atom. The van der Waals surface area contributed by atoms with Gasteiger partial charge in [0.25, 0.3) is 0 Å². The highest BCUT2D eigenvalue weighted by atomic mass is 16.3. The molecule has 2 heteroatoms. The monoisotopic (exact) mass is 190 g/mol. The average molecular weight is 190 g/mol. The van der Waals surface area contributed by atoms with Gasteiger partial charge in [-0.25, -0.2) is 0 Å². The zero-order valence-corrected chi connectivity index (χ0v) is 8.02. The van der Waals surface area contributed by atoms with Crippen LogP contribution in [0.1, 0.15) is 23.2 Å². The van der Waals surface area contributed by atoms with Crippen LogP contribution in [-0.2, 0) is 0 Å². The van der Waals surface area contributed by atoms with Crippen LogP contribution in [0.25, 0.3) is 0 Å². The highest BCUT2D eigenvalue weighted by Crippen LogP contribution is 2.07. The number of Topliss-reactive ketones (excluding diaryl/α,β-unsaturated/α-hetero) is 1. The minimum atomic E-state index is -0.581. The van der Waals surface area contributed by atoms with E-state index in [0.717, 1.165) is 0 Å². The third-order valence-corrected chi connectivity index (χ3v) is 2.04. The molecule has 0 bridgehead atoms. The highest BCUT2D eigenvalue weighted by molar-refractivity contribution is 5.95. The van der Waals surface area contributed by atoms with Gasteiger partial charge in [0.2, 0.25) is 0 Å². The van der Waals surface area contributed by atoms with Crippen molar-refractivity contribution >= 4 is 5.78 Å². The Bertz CT molecular complexity index is 303. The number of aliphatic hydroxyl groups is 1. The van der Waals surface area contributed by atoms with Gasteiger partial charge in [0, 0.05) is 12.0 Å². The van der Waals surface area contributed by atoms with Crippen LogP contribution in [0.5, 0.6) is 0 Å². The summed E-state index contributed by atoms with van der Waals surface area (Å²) >= 11 is 0. The Labute approximate surface area is 83.9 Å². The van der Waals surface area contributed by atoms with Gasteiger partial charge in [0.05, 0.1) is 6.10 Å². The van der Waals surface area contributed by atoms with E-state index in [-0.39, 0.29) is 5.78 Å². The molecule has 1 rings (SSSR count). The Hall–Kier alpha value is -1.41. The Morgan fingerprint density at radius 2 is 2.07 bits per heavy atom. The van der Waals surface area contributed by atoms with E-state index in [2.05, 4.69) is 6.58 Å². The fourth-order valence-electron chi connectivity index (χ4n) is 1.17. The molecule has 0 radical (unpaired) electrons. The molecule has 0 saturated carbocycles. The predicted octanol–water partition coefficient (Wildman–Crippen LogP) is 2.20. The molecule has 0 fully saturated rings. The molecule has 0 spiro atoms. The summed E-state index contributed by atoms with van der Waals surface area (Å²) in [6.45, 7) is 3.45. The zero-order chi connectivity index (χ0) is 10.4. The Balaban J connectivity index is 2.47. The van der Waals surface area contributed by atoms with Gasteiger partial charge >= 0.3 is 0 Å². The predicted molar refractivity (Wildman–Crippen MR) is 56.2 cm³/mol. The molecule has 1 N–H and O–H groups in total. The lowest BCUT2D eigenvalue weighted by Gasteiger charge is -2.03. The minimum absolute atomic E-state index is 0.0616. The molecule has 0 aromatic heterocycles. The van der Waals surface area contributed by atoms with Crippen molar-refractivity contribution in [3.05, 3.63) is 48.6 Å². The van der Waals surface area contributed by atoms with E-state index in [1.807, 2.05) is 18.2 Å². The molecule has 0 amide bonds. The summed E-state index contributed by atoms with van der Waals surface area (Å²) in [6.07, 6.45) is 1.66. The van der Waals surface area contributed by atoms with Gasteiger partial charge in [-0.1, -0.05) is 36.4 Å². The fourth-order valence-corrected chi connectivity index (χ4v) is 1.17. The van der Waals surface area contributed by atoms with Crippen molar-refractivity contribution in [3.63, 3.8) is 0 Å². The maximum absolute atomic E-state index is 11.5. The number of hydrogen-bond donors (Lipinski definition) is 1. The normalized spacial score (nSPS) is 12.1. The van der Waals surface area contributed by atoms with Crippen LogP contribution in [0.4, 0.5) is 0 Å². The van der Waals surface area contributed by atoms with Crippen LogP contribution in [0.3, 0.4) is 0 Å². The van der Waals surface area contributed by atoms with Gasteiger partial charge in [-0.15, -0.1) is 6.58 Å². The second-order valence-corrected chi connectivity index (χ2v) is 3.13. The maximum atomic E-state index is 11.5. The molecular formula is C12H14O2. The number of ketones is 1. The number of rotatable bonds is 5. The van der Waals surface area contributed by atoms with E-state index in [1.165, 1.54) is 6.08 Å². The molecule has 0 aliphatic carbocycles. The molecule has 0 aliphatic heterocycles. The van der Waals surface area contributed by atoms with Crippen LogP contribution in [-0.4, -0.2) is 17.0 Å². The first kappa shape index (κ1) is 10.7. The topological polar surface area (TPSA) is 37.3 Å². The Morgan fingerprint density at radius 3 is 2.64 bits per heavy atom. The van der Waals surface area contributed by atoms with Crippen molar-refractivity contribution in [2.45, 2.75) is 18.9 Å². The number of carbonyl (C=O) groups excluding carboxylic acids is 1. The van der Waals surface area contributed by atoms with E-state index in [1.54, 1.807) is 12.1 Å². The average Bonchev–Trinajstić information content (AvgIpc) is 2.26. The van der Waals surface area contributed by atoms with E-state index < -0.39 is 6.10 Å². The lowest BCUT2D eigenvalue weighted by Crippen LogP contribution is -2.06. The molecule has 14 heavy (non-hydrogen) atoms. The van der Waals surface area contributed by atoms with Gasteiger partial charge in [-0.3, -0.25) is 4.79 Å². The van der Waals surface area contributed by atoms with Crippen molar-refractivity contribution in [2.24, 2.45) is 0 Å². The first-order valence-corrected chi connectivity index (χ1v) is 4.63. The van der Waals surface area contributed by atoms with Crippen molar-refractivity contribution in [2.75, 3.05) is 0 Å². The van der Waals surface area contributed by atoms with Crippen LogP contribution in [0.2, 0.25) is 0 Å². The van der Waals surface area contributed by atoms with Gasteiger partial charge in [-0.2, -0.15) is 0 Å². The molecule has 1 aromatic rings. The molecule has 0 unspecified atom stereocenters. The van der Waals surface area contributed by atoms with E-state index in [9.17, 15) is 9.90 Å². The third-order valence-electron chi connectivity index (χ3n) is 2.04. The molecule has 1 atom stereocenters. The smallest absolute Gasteiger partial charge is 0.162 e. The second-order valence-electron chi connectivity index (χ2n) is 3.13. The highest BCUT2D eigenvalue weighted by Gasteiger charge is 2.06. The summed E-state index contributed by atoms with van der Waals surface area (Å²) in [5.74, 6) is 0.0616. The number of benzene rings is 1. The summed E-state index contributed by atoms with van der Waals surface area (Å²) in [7, 11) is 0. The zero-order valence-electron chi connectivity index (χ0n) is 8.02. The van der Waals surface area contributed by atoms with E-state index in [0.29, 0.717) is 18.4 Å². The van der Waals surface area contributed by atoms with Crippen molar-refractivity contribution in [3.8, 4) is 0 Å². The quantitative estimate of drug-likeness (QED) is 0.571. The van der Waals surface area contributed by atoms with Gasteiger partial charge in [-0.05, 0) is 6.42 Å². The van der Waals surface area contributed by atoms with Crippen molar-refractivity contribution < 1.29 is 9.90 Å². The molecule has 0 aliphatic rings. The van der Waals surface area contributed by atoms with E-state index in [4.69, 9.17) is 0 Å². The van der Waals surface area contributed by atoms with Gasteiger partial charge in [0.15, 0.2) is 5.78 Å². The van der Waals surface area contributed by atoms with Crippen LogP contribution >= 0.6 is 0 Å². The summed E-state index contributed by atoms with van der Waals surface area (Å²) in [4.78, 5) is 11.5. The summed E-state index contributed by atoms with van der Waals surface area (Å²) in [5.41, 5.74) is 0.698. The fraction of sp³-hybridized carbons (Fsp3) is 0.250. The Kier molecular flexibility index (Phi) is 4.08. The number of carbonyl (C=O) groups is 1. The van der Waals surface area contributed by atoms with E-state index >= 15 is 0 Å². The first-order valence-electron chi connectivity index (χ1n) is 4.63. The summed E-state index contributed by atoms with van der Waals surface area (Å²) < 4.78 is 0. The minimum Gasteiger partial charge on any atom is -0.389 e. The lowest BCUT2D eigenvalue weighted by molar-refractivity contribution is 0.0959. The summed E-state index contributed by atoms with van der Waals surface area (Å²) in [5, 5.41) is 9.18. The van der Waals surface area contributed by atoms with Crippen LogP contribution in [0, 0.1) is 0 Å². The van der Waals surface area contributed by atoms with Crippen molar-refractivity contribution in [1.82, 2.24) is 0 Å². The maximum Gasteiger partial charge on any atom is 0.162 e. The molecule has 2 nitrogen and oxygen atoms in total. The molecular weight excluding hydrogens is 176 g/mol. The van der Waals surface area contributed by atoms with Gasteiger partial charge in [0.1, 0.15) is 0 Å². The number of aliphatic hydroxyl groups excluding tert-OH is 1. The number of hydrogen-bond acceptors (Lipinski definition) is 2. The molecule has 0 saturated heterocycles. The third kappa shape index (κ3) is 3.15. The van der Waals surface area contributed by atoms with Gasteiger partial charge < -0.3 is 5.11 Å². The largest absolute Gasteiger partial charge is 0.389 e. The van der Waals surface area contributed by atoms with Crippen LogP contribution < -0.4 is 0 Å². The molecule has 0 heterocycles. The summed E-state index contributed by atoms with van der Waals surface area (Å²) in [6, 6.07) is 9.09. The molecule has 74 valence electrons. The lowest BCUT2D eigenvalue weighted by atomic mass is 10.0. The standard InChI is InChI=1S/C12H14O2/c1-2-11(13)8-9-12(14)10-6-4-3-5-7-10/h2-7,11,13H,1,8-9H2/t11-/m0/s1. The van der Waals surface area contributed by atoms with Crippen LogP contribution in [0.15, 0.2) is 43.0 Å². The molecule has 1 aromatic carbocycles. The first-order chi connectivity index (χ1) is 6.74. The van der Waals surface area contributed by atoms with Crippen molar-refractivity contribution in [1.29, 1.82) is 0 Å². The SMILES string of the molecule is C=C[C@H](O)CCC(=O)c1ccccc1. The second kappa shape index (κ2) is 5.35.